The number of allylic oxidation sites excluding steroid dienone is 3. The number of rotatable bonds is 8. The van der Waals surface area contributed by atoms with Gasteiger partial charge in [-0.05, 0) is 31.6 Å². The van der Waals surface area contributed by atoms with Crippen molar-refractivity contribution in [3.05, 3.63) is 24.3 Å². The fourth-order valence-electron chi connectivity index (χ4n) is 2.13. The molecule has 1 rings (SSSR count). The highest BCUT2D eigenvalue weighted by molar-refractivity contribution is 5.87. The van der Waals surface area contributed by atoms with Crippen LogP contribution in [0, 0.1) is 5.92 Å². The van der Waals surface area contributed by atoms with E-state index in [1.165, 1.54) is 12.8 Å². The Bertz CT molecular complexity index is 291. The third-order valence-electron chi connectivity index (χ3n) is 3.41. The minimum absolute atomic E-state index is 0.00667. The van der Waals surface area contributed by atoms with Crippen LogP contribution in [0.15, 0.2) is 24.3 Å². The molecule has 0 atom stereocenters. The number of amides is 1. The van der Waals surface area contributed by atoms with Gasteiger partial charge in [-0.15, -0.1) is 0 Å². The van der Waals surface area contributed by atoms with E-state index in [0.717, 1.165) is 45.4 Å². The molecule has 1 N–H and O–H groups in total. The lowest BCUT2D eigenvalue weighted by atomic mass is 9.97. The van der Waals surface area contributed by atoms with Gasteiger partial charge < -0.3 is 10.1 Å². The Morgan fingerprint density at radius 3 is 2.84 bits per heavy atom. The molecule has 3 heteroatoms. The molecule has 1 amide bonds. The number of unbranched alkanes of at least 4 members (excludes halogenated alkanes) is 2. The van der Waals surface area contributed by atoms with Crippen molar-refractivity contribution in [2.24, 2.45) is 5.92 Å². The molecule has 0 aromatic rings. The fourth-order valence-corrected chi connectivity index (χ4v) is 2.13. The lowest BCUT2D eigenvalue weighted by molar-refractivity contribution is -0.116. The van der Waals surface area contributed by atoms with Crippen LogP contribution in [0.25, 0.3) is 0 Å². The lowest BCUT2D eigenvalue weighted by Gasteiger charge is -2.21. The van der Waals surface area contributed by atoms with Gasteiger partial charge in [0.15, 0.2) is 0 Å². The van der Waals surface area contributed by atoms with E-state index in [1.807, 2.05) is 12.2 Å². The van der Waals surface area contributed by atoms with Gasteiger partial charge in [0.1, 0.15) is 0 Å². The van der Waals surface area contributed by atoms with E-state index in [0.29, 0.717) is 5.92 Å². The molecule has 0 aliphatic carbocycles. The lowest BCUT2D eigenvalue weighted by Crippen LogP contribution is -2.26. The summed E-state index contributed by atoms with van der Waals surface area (Å²) in [7, 11) is 0. The van der Waals surface area contributed by atoms with Crippen LogP contribution in [0.5, 0.6) is 0 Å². The summed E-state index contributed by atoms with van der Waals surface area (Å²) in [6.07, 6.45) is 14.3. The van der Waals surface area contributed by atoms with Crippen molar-refractivity contribution in [3.63, 3.8) is 0 Å². The Morgan fingerprint density at radius 1 is 1.32 bits per heavy atom. The highest BCUT2D eigenvalue weighted by Gasteiger charge is 2.13. The van der Waals surface area contributed by atoms with E-state index in [9.17, 15) is 4.79 Å². The standard InChI is InChI=1S/C16H27NO2/c1-2-3-4-5-6-7-8-16(18)17-12-9-15-10-13-19-14-11-15/h5-8,15H,2-4,9-14H2,1H3,(H,17,18). The van der Waals surface area contributed by atoms with Crippen molar-refractivity contribution >= 4 is 5.91 Å². The second-order valence-corrected chi connectivity index (χ2v) is 5.06. The molecule has 0 spiro atoms. The van der Waals surface area contributed by atoms with Crippen molar-refractivity contribution in [2.75, 3.05) is 19.8 Å². The number of ether oxygens (including phenoxy) is 1. The first-order chi connectivity index (χ1) is 9.33. The number of hydrogen-bond acceptors (Lipinski definition) is 2. The first kappa shape index (κ1) is 16.0. The number of carbonyl (C=O) groups excluding carboxylic acids is 1. The Hall–Kier alpha value is -1.09. The van der Waals surface area contributed by atoms with Crippen LogP contribution in [0.1, 0.15) is 45.4 Å². The molecule has 0 saturated carbocycles. The van der Waals surface area contributed by atoms with Crippen LogP contribution >= 0.6 is 0 Å². The molecule has 0 aromatic carbocycles. The zero-order valence-electron chi connectivity index (χ0n) is 12.1. The van der Waals surface area contributed by atoms with E-state index >= 15 is 0 Å². The first-order valence-corrected chi connectivity index (χ1v) is 7.51. The molecule has 0 bridgehead atoms. The van der Waals surface area contributed by atoms with Crippen LogP contribution in [-0.4, -0.2) is 25.7 Å². The van der Waals surface area contributed by atoms with Crippen molar-refractivity contribution in [1.82, 2.24) is 5.32 Å². The van der Waals surface area contributed by atoms with Crippen molar-refractivity contribution in [2.45, 2.75) is 45.4 Å². The quantitative estimate of drug-likeness (QED) is 0.416. The van der Waals surface area contributed by atoms with Crippen LogP contribution in [0.2, 0.25) is 0 Å². The monoisotopic (exact) mass is 265 g/mol. The molecule has 1 saturated heterocycles. The fraction of sp³-hybridized carbons (Fsp3) is 0.688. The first-order valence-electron chi connectivity index (χ1n) is 7.51. The van der Waals surface area contributed by atoms with Crippen LogP contribution in [-0.2, 0) is 9.53 Å². The molecule has 1 heterocycles. The highest BCUT2D eigenvalue weighted by atomic mass is 16.5. The van der Waals surface area contributed by atoms with Gasteiger partial charge in [0.05, 0.1) is 0 Å². The van der Waals surface area contributed by atoms with Crippen molar-refractivity contribution in [3.8, 4) is 0 Å². The molecule has 3 nitrogen and oxygen atoms in total. The molecule has 0 radical (unpaired) electrons. The van der Waals surface area contributed by atoms with E-state index in [-0.39, 0.29) is 5.91 Å². The topological polar surface area (TPSA) is 38.3 Å². The summed E-state index contributed by atoms with van der Waals surface area (Å²) in [5, 5.41) is 2.93. The van der Waals surface area contributed by atoms with E-state index in [4.69, 9.17) is 4.74 Å². The Balaban J connectivity index is 2.03. The summed E-state index contributed by atoms with van der Waals surface area (Å²) in [6.45, 7) is 4.70. The summed E-state index contributed by atoms with van der Waals surface area (Å²) in [4.78, 5) is 11.5. The zero-order chi connectivity index (χ0) is 13.8. The maximum atomic E-state index is 11.5. The van der Waals surface area contributed by atoms with E-state index in [1.54, 1.807) is 6.08 Å². The van der Waals surface area contributed by atoms with Gasteiger partial charge in [0.25, 0.3) is 0 Å². The van der Waals surface area contributed by atoms with Gasteiger partial charge in [-0.3, -0.25) is 4.79 Å². The van der Waals surface area contributed by atoms with Crippen molar-refractivity contribution < 1.29 is 9.53 Å². The maximum Gasteiger partial charge on any atom is 0.243 e. The number of hydrogen-bond donors (Lipinski definition) is 1. The molecule has 19 heavy (non-hydrogen) atoms. The summed E-state index contributed by atoms with van der Waals surface area (Å²) < 4.78 is 5.31. The van der Waals surface area contributed by atoms with E-state index < -0.39 is 0 Å². The smallest absolute Gasteiger partial charge is 0.243 e. The highest BCUT2D eigenvalue weighted by Crippen LogP contribution is 2.17. The van der Waals surface area contributed by atoms with Crippen LogP contribution in [0.3, 0.4) is 0 Å². The van der Waals surface area contributed by atoms with Gasteiger partial charge in [-0.2, -0.15) is 0 Å². The third-order valence-corrected chi connectivity index (χ3v) is 3.41. The van der Waals surface area contributed by atoms with Crippen LogP contribution in [0.4, 0.5) is 0 Å². The van der Waals surface area contributed by atoms with E-state index in [2.05, 4.69) is 18.3 Å². The van der Waals surface area contributed by atoms with Gasteiger partial charge in [-0.25, -0.2) is 0 Å². The second kappa shape index (κ2) is 10.8. The molecular weight excluding hydrogens is 238 g/mol. The number of carbonyl (C=O) groups is 1. The predicted molar refractivity (Wildman–Crippen MR) is 79.0 cm³/mol. The molecule has 1 aliphatic heterocycles. The molecule has 1 aliphatic rings. The Morgan fingerprint density at radius 2 is 2.11 bits per heavy atom. The molecule has 108 valence electrons. The van der Waals surface area contributed by atoms with Crippen LogP contribution < -0.4 is 5.32 Å². The molecule has 0 unspecified atom stereocenters. The van der Waals surface area contributed by atoms with Crippen molar-refractivity contribution in [1.29, 1.82) is 0 Å². The second-order valence-electron chi connectivity index (χ2n) is 5.06. The average molecular weight is 265 g/mol. The summed E-state index contributed by atoms with van der Waals surface area (Å²) in [5.74, 6) is 0.721. The zero-order valence-corrected chi connectivity index (χ0v) is 12.1. The SMILES string of the molecule is CCCCC=CC=CC(=O)NCCC1CCOCC1. The minimum atomic E-state index is 0.00667. The molecule has 1 fully saturated rings. The summed E-state index contributed by atoms with van der Waals surface area (Å²) >= 11 is 0. The molecular formula is C16H27NO2. The van der Waals surface area contributed by atoms with Gasteiger partial charge in [-0.1, -0.05) is 38.0 Å². The van der Waals surface area contributed by atoms with Gasteiger partial charge in [0.2, 0.25) is 5.91 Å². The third kappa shape index (κ3) is 8.60. The van der Waals surface area contributed by atoms with Gasteiger partial charge >= 0.3 is 0 Å². The van der Waals surface area contributed by atoms with Gasteiger partial charge in [0, 0.05) is 25.8 Å². The normalized spacial score (nSPS) is 17.3. The number of nitrogens with one attached hydrogen (secondary N) is 1. The predicted octanol–water partition coefficient (Wildman–Crippen LogP) is 3.22. The maximum absolute atomic E-state index is 11.5. The average Bonchev–Trinajstić information content (AvgIpc) is 2.44. The Kier molecular flexibility index (Phi) is 9.07. The summed E-state index contributed by atoms with van der Waals surface area (Å²) in [5.41, 5.74) is 0. The largest absolute Gasteiger partial charge is 0.381 e. The minimum Gasteiger partial charge on any atom is -0.381 e. The molecule has 0 aromatic heterocycles. The summed E-state index contributed by atoms with van der Waals surface area (Å²) in [6, 6.07) is 0. The Labute approximate surface area is 117 Å².